The molecule has 2 heterocycles. The number of nitrogens with zero attached hydrogens (tertiary/aromatic N) is 3. The van der Waals surface area contributed by atoms with Crippen LogP contribution in [0.25, 0.3) is 11.0 Å². The van der Waals surface area contributed by atoms with Crippen LogP contribution in [0.4, 0.5) is 20.4 Å². The van der Waals surface area contributed by atoms with Crippen molar-refractivity contribution in [1.29, 1.82) is 0 Å². The van der Waals surface area contributed by atoms with Crippen LogP contribution in [-0.2, 0) is 9.84 Å². The van der Waals surface area contributed by atoms with Crippen molar-refractivity contribution < 1.29 is 17.2 Å². The van der Waals surface area contributed by atoms with Crippen LogP contribution in [-0.4, -0.2) is 28.2 Å². The Morgan fingerprint density at radius 1 is 1.15 bits per heavy atom. The van der Waals surface area contributed by atoms with Gasteiger partial charge in [-0.1, -0.05) is 12.8 Å². The zero-order chi connectivity index (χ0) is 23.9. The number of fused-ring (bicyclic) bond motifs is 1. The lowest BCUT2D eigenvalue weighted by molar-refractivity contribution is 0.149. The summed E-state index contributed by atoms with van der Waals surface area (Å²) < 4.78 is 53.3. The normalized spacial score (nSPS) is 15.1. The lowest BCUT2D eigenvalue weighted by Crippen LogP contribution is -2.28. The molecule has 1 N–H and O–H groups in total. The van der Waals surface area contributed by atoms with Crippen molar-refractivity contribution in [2.75, 3.05) is 5.32 Å². The molecule has 1 fully saturated rings. The average molecular weight is 477 g/mol. The van der Waals surface area contributed by atoms with Crippen LogP contribution >= 0.6 is 0 Å². The molecule has 0 amide bonds. The third-order valence-electron chi connectivity index (χ3n) is 6.12. The first-order valence-electron chi connectivity index (χ1n) is 10.9. The molecule has 7 nitrogen and oxygen atoms in total. The average Bonchev–Trinajstić information content (AvgIpc) is 3.28. The second-order valence-electron chi connectivity index (χ2n) is 8.68. The van der Waals surface area contributed by atoms with Gasteiger partial charge in [-0.15, -0.1) is 0 Å². The Hall–Kier alpha value is -2.88. The summed E-state index contributed by atoms with van der Waals surface area (Å²) in [7, 11) is -3.41. The first-order chi connectivity index (χ1) is 15.6. The maximum atomic E-state index is 13.5. The molecule has 0 unspecified atom stereocenters. The summed E-state index contributed by atoms with van der Waals surface area (Å²) in [5.41, 5.74) is 0.341. The Morgan fingerprint density at radius 3 is 2.45 bits per heavy atom. The highest BCUT2D eigenvalue weighted by Gasteiger charge is 2.25. The molecule has 10 heteroatoms. The van der Waals surface area contributed by atoms with Crippen LogP contribution in [0.5, 0.6) is 0 Å². The number of hydrogen-bond donors (Lipinski definition) is 1. The van der Waals surface area contributed by atoms with Crippen molar-refractivity contribution in [3.05, 3.63) is 51.9 Å². The first kappa shape index (κ1) is 23.3. The number of rotatable bonds is 6. The first-order valence-corrected chi connectivity index (χ1v) is 12.5. The van der Waals surface area contributed by atoms with Crippen LogP contribution in [0.15, 0.2) is 40.2 Å². The molecule has 1 aromatic carbocycles. The maximum Gasteiger partial charge on any atom is 0.269 e. The van der Waals surface area contributed by atoms with E-state index in [9.17, 15) is 22.0 Å². The standard InChI is InChI=1S/C23H26F2N4O3S/c1-13(2)33(31,32)17-8-9-19(14(3)10-17)27-23-26-12-15-11-18(20(24)25)22(30)29(21(15)28-23)16-6-4-5-7-16/h8-13,16,20H,4-7H2,1-3H3,(H,26,27,28). The predicted octanol–water partition coefficient (Wildman–Crippen LogP) is 5.08. The molecule has 0 radical (unpaired) electrons. The Morgan fingerprint density at radius 2 is 1.85 bits per heavy atom. The van der Waals surface area contributed by atoms with Gasteiger partial charge in [-0.2, -0.15) is 4.98 Å². The van der Waals surface area contributed by atoms with E-state index >= 15 is 0 Å². The minimum atomic E-state index is -3.41. The van der Waals surface area contributed by atoms with E-state index in [4.69, 9.17) is 0 Å². The van der Waals surface area contributed by atoms with Crippen molar-refractivity contribution in [1.82, 2.24) is 14.5 Å². The third kappa shape index (κ3) is 4.36. The maximum absolute atomic E-state index is 13.5. The molecular formula is C23H26F2N4O3S. The van der Waals surface area contributed by atoms with E-state index in [-0.39, 0.29) is 16.9 Å². The highest BCUT2D eigenvalue weighted by Crippen LogP contribution is 2.32. The van der Waals surface area contributed by atoms with E-state index < -0.39 is 32.6 Å². The number of pyridine rings is 1. The molecule has 33 heavy (non-hydrogen) atoms. The number of halogens is 2. The summed E-state index contributed by atoms with van der Waals surface area (Å²) in [6, 6.07) is 5.73. The monoisotopic (exact) mass is 476 g/mol. The lowest BCUT2D eigenvalue weighted by atomic mass is 10.1. The Bertz CT molecular complexity index is 1360. The summed E-state index contributed by atoms with van der Waals surface area (Å²) in [5, 5.41) is 2.90. The van der Waals surface area contributed by atoms with Crippen molar-refractivity contribution in [2.45, 2.75) is 69.1 Å². The number of aromatic nitrogens is 3. The van der Waals surface area contributed by atoms with Gasteiger partial charge in [0.1, 0.15) is 5.65 Å². The summed E-state index contributed by atoms with van der Waals surface area (Å²) in [6.07, 6.45) is 1.88. The van der Waals surface area contributed by atoms with E-state index in [0.717, 1.165) is 31.7 Å². The lowest BCUT2D eigenvalue weighted by Gasteiger charge is -2.18. The third-order valence-corrected chi connectivity index (χ3v) is 8.27. The van der Waals surface area contributed by atoms with Gasteiger partial charge in [-0.3, -0.25) is 9.36 Å². The number of aryl methyl sites for hydroxylation is 1. The number of hydrogen-bond acceptors (Lipinski definition) is 6. The van der Waals surface area contributed by atoms with E-state index in [1.807, 2.05) is 0 Å². The van der Waals surface area contributed by atoms with Crippen LogP contribution in [0.2, 0.25) is 0 Å². The van der Waals surface area contributed by atoms with E-state index in [0.29, 0.717) is 22.3 Å². The molecule has 0 atom stereocenters. The molecule has 0 aliphatic heterocycles. The second-order valence-corrected chi connectivity index (χ2v) is 11.2. The molecule has 0 spiro atoms. The molecule has 1 aliphatic rings. The molecule has 2 aromatic heterocycles. The summed E-state index contributed by atoms with van der Waals surface area (Å²) in [6.45, 7) is 5.03. The van der Waals surface area contributed by atoms with Gasteiger partial charge in [0.2, 0.25) is 5.95 Å². The predicted molar refractivity (Wildman–Crippen MR) is 123 cm³/mol. The van der Waals surface area contributed by atoms with Gasteiger partial charge in [0.15, 0.2) is 9.84 Å². The number of sulfone groups is 1. The van der Waals surface area contributed by atoms with Crippen molar-refractivity contribution in [3.8, 4) is 0 Å². The Kier molecular flexibility index (Phi) is 6.22. The van der Waals surface area contributed by atoms with Gasteiger partial charge in [0, 0.05) is 23.3 Å². The van der Waals surface area contributed by atoms with Crippen molar-refractivity contribution in [2.24, 2.45) is 0 Å². The van der Waals surface area contributed by atoms with Crippen LogP contribution in [0.3, 0.4) is 0 Å². The van der Waals surface area contributed by atoms with Gasteiger partial charge in [-0.25, -0.2) is 22.2 Å². The minimum absolute atomic E-state index is 0.177. The zero-order valence-corrected chi connectivity index (χ0v) is 19.5. The van der Waals surface area contributed by atoms with Crippen molar-refractivity contribution in [3.63, 3.8) is 0 Å². The number of anilines is 2. The van der Waals surface area contributed by atoms with Gasteiger partial charge in [0.25, 0.3) is 12.0 Å². The zero-order valence-electron chi connectivity index (χ0n) is 18.7. The largest absolute Gasteiger partial charge is 0.324 e. The van der Waals surface area contributed by atoms with E-state index in [2.05, 4.69) is 15.3 Å². The highest BCUT2D eigenvalue weighted by molar-refractivity contribution is 7.92. The SMILES string of the molecule is Cc1cc(S(=O)(=O)C(C)C)ccc1Nc1ncc2cc(C(F)F)c(=O)n(C3CCCC3)c2n1. The van der Waals surface area contributed by atoms with Gasteiger partial charge in [0.05, 0.1) is 15.7 Å². The molecule has 0 saturated heterocycles. The van der Waals surface area contributed by atoms with Crippen molar-refractivity contribution >= 4 is 32.5 Å². The van der Waals surface area contributed by atoms with Crippen LogP contribution in [0, 0.1) is 6.92 Å². The topological polar surface area (TPSA) is 94.0 Å². The summed E-state index contributed by atoms with van der Waals surface area (Å²) in [5.74, 6) is 0.195. The smallest absolute Gasteiger partial charge is 0.269 e. The number of alkyl halides is 2. The fourth-order valence-corrected chi connectivity index (χ4v) is 5.35. The molecule has 4 rings (SSSR count). The molecular weight excluding hydrogens is 450 g/mol. The Balaban J connectivity index is 1.76. The Labute approximate surface area is 190 Å². The van der Waals surface area contributed by atoms with Crippen LogP contribution in [0.1, 0.15) is 63.1 Å². The second kappa shape index (κ2) is 8.81. The molecule has 176 valence electrons. The van der Waals surface area contributed by atoms with Gasteiger partial charge in [-0.05, 0) is 63.4 Å². The van der Waals surface area contributed by atoms with E-state index in [1.54, 1.807) is 32.9 Å². The summed E-state index contributed by atoms with van der Waals surface area (Å²) >= 11 is 0. The molecule has 0 bridgehead atoms. The van der Waals surface area contributed by atoms with Gasteiger partial charge < -0.3 is 5.32 Å². The summed E-state index contributed by atoms with van der Waals surface area (Å²) in [4.78, 5) is 21.8. The minimum Gasteiger partial charge on any atom is -0.324 e. The quantitative estimate of drug-likeness (QED) is 0.533. The number of benzene rings is 1. The van der Waals surface area contributed by atoms with E-state index in [1.165, 1.54) is 16.8 Å². The van der Waals surface area contributed by atoms with Gasteiger partial charge >= 0.3 is 0 Å². The molecule has 1 saturated carbocycles. The highest BCUT2D eigenvalue weighted by atomic mass is 32.2. The number of nitrogens with one attached hydrogen (secondary N) is 1. The molecule has 1 aliphatic carbocycles. The fourth-order valence-electron chi connectivity index (χ4n) is 4.21. The fraction of sp³-hybridized carbons (Fsp3) is 0.435. The molecule has 3 aromatic rings. The van der Waals surface area contributed by atoms with Crippen LogP contribution < -0.4 is 10.9 Å².